The van der Waals surface area contributed by atoms with E-state index in [2.05, 4.69) is 179 Å². The lowest BCUT2D eigenvalue weighted by Crippen LogP contribution is -2.31. The van der Waals surface area contributed by atoms with Crippen molar-refractivity contribution < 1.29 is 40.0 Å². The minimum Gasteiger partial charge on any atom is -0.219 e. The molecule has 0 aliphatic carbocycles. The van der Waals surface area contributed by atoms with Crippen LogP contribution >= 0.6 is 0 Å². The van der Waals surface area contributed by atoms with Gasteiger partial charge in [-0.15, -0.1) is 0 Å². The highest BCUT2D eigenvalue weighted by molar-refractivity contribution is 5.82. The monoisotopic (exact) mass is 1080 g/mol. The maximum Gasteiger partial charge on any atom is 0.417 e. The van der Waals surface area contributed by atoms with E-state index in [0.29, 0.717) is 16.6 Å². The van der Waals surface area contributed by atoms with E-state index in [1.807, 2.05) is 0 Å². The topological polar surface area (TPSA) is 26.4 Å². The Morgan fingerprint density at radius 2 is 0.864 bits per heavy atom. The van der Waals surface area contributed by atoms with E-state index in [1.54, 1.807) is 39.5 Å². The second-order valence-corrected chi connectivity index (χ2v) is 21.7. The van der Waals surface area contributed by atoms with E-state index >= 15 is 0 Å². The molecule has 0 unspecified atom stereocenters. The van der Waals surface area contributed by atoms with Gasteiger partial charge in [-0.2, -0.15) is 26.3 Å². The second kappa shape index (κ2) is 20.0. The van der Waals surface area contributed by atoms with Gasteiger partial charge in [0.25, 0.3) is 17.5 Å². The molecule has 0 atom stereocenters. The smallest absolute Gasteiger partial charge is 0.219 e. The Balaban J connectivity index is 0.000000115. The highest BCUT2D eigenvalue weighted by Crippen LogP contribution is 2.43. The van der Waals surface area contributed by atoms with Gasteiger partial charge in [-0.05, 0) is 111 Å². The van der Waals surface area contributed by atoms with E-state index in [9.17, 15) is 26.3 Å². The van der Waals surface area contributed by atoms with Crippen LogP contribution in [0.5, 0.6) is 0 Å². The highest BCUT2D eigenvalue weighted by atomic mass is 19.4. The predicted molar refractivity (Wildman–Crippen MR) is 306 cm³/mol. The molecule has 3 aromatic heterocycles. The molecule has 3 aliphatic heterocycles. The van der Waals surface area contributed by atoms with Crippen LogP contribution in [0.4, 0.5) is 26.3 Å². The summed E-state index contributed by atoms with van der Waals surface area (Å²) in [5, 5.41) is 0. The van der Waals surface area contributed by atoms with Crippen molar-refractivity contribution in [2.24, 2.45) is 0 Å². The molecule has 0 fully saturated rings. The fourth-order valence-electron chi connectivity index (χ4n) is 12.4. The van der Waals surface area contributed by atoms with Crippen molar-refractivity contribution in [2.45, 2.75) is 79.3 Å². The summed E-state index contributed by atoms with van der Waals surface area (Å²) >= 11 is 0. The third-order valence-corrected chi connectivity index (χ3v) is 16.4. The Hall–Kier alpha value is -9.03. The standard InChI is InChI=1S/C23H15F6N2.2C23H21N2/c24-22(25,26)16-8-2-1-6-14(16)12-30-18-10-3-4-11-19(18)31-13-15-7-5-9-17(23(27,28)29)20(15)21(30)31;1-16-12-21-22(13-17(16)2)25-15-19-10-6-7-11-20(19)23(25)24(21)14-18-8-4-3-5-9-18;1-16-7-10-18(11-8-16)14-24-21-5-3-4-6-22(21)25-15-19-13-17(2)9-12-20(19)23(24)25/h1-11H,12-13H2;2*3-13H,14-15H2,1-2H3/q3*+1. The highest BCUT2D eigenvalue weighted by Gasteiger charge is 2.44. The fourth-order valence-corrected chi connectivity index (χ4v) is 12.4. The molecule has 15 rings (SSSR count). The van der Waals surface area contributed by atoms with E-state index in [4.69, 9.17) is 0 Å². The Labute approximate surface area is 465 Å². The van der Waals surface area contributed by atoms with Crippen LogP contribution in [0.15, 0.2) is 200 Å². The number of fused-ring (bicyclic) bond motifs is 15. The summed E-state index contributed by atoms with van der Waals surface area (Å²) in [7, 11) is 0. The molecule has 6 nitrogen and oxygen atoms in total. The first-order valence-corrected chi connectivity index (χ1v) is 27.3. The van der Waals surface area contributed by atoms with Crippen LogP contribution in [0.3, 0.4) is 0 Å². The number of aryl methyl sites for hydroxylation is 4. The normalized spacial score (nSPS) is 12.8. The molecule has 0 spiro atoms. The zero-order valence-corrected chi connectivity index (χ0v) is 45.2. The van der Waals surface area contributed by atoms with E-state index < -0.39 is 23.5 Å². The molecule has 81 heavy (non-hydrogen) atoms. The summed E-state index contributed by atoms with van der Waals surface area (Å²) < 4.78 is 95.3. The second-order valence-electron chi connectivity index (χ2n) is 21.7. The maximum absolute atomic E-state index is 13.8. The van der Waals surface area contributed by atoms with Gasteiger partial charge in [0, 0.05) is 22.3 Å². The van der Waals surface area contributed by atoms with Crippen LogP contribution in [0.1, 0.15) is 66.8 Å². The maximum atomic E-state index is 13.8. The molecule has 12 heteroatoms. The van der Waals surface area contributed by atoms with Crippen molar-refractivity contribution in [1.82, 2.24) is 13.7 Å². The molecule has 0 bridgehead atoms. The first kappa shape index (κ1) is 51.4. The van der Waals surface area contributed by atoms with E-state index in [0.717, 1.165) is 38.3 Å². The van der Waals surface area contributed by atoms with Crippen LogP contribution in [-0.4, -0.2) is 13.7 Å². The van der Waals surface area contributed by atoms with Crippen molar-refractivity contribution in [3.8, 4) is 34.2 Å². The number of rotatable bonds is 6. The number of hydrogen-bond donors (Lipinski definition) is 0. The summed E-state index contributed by atoms with van der Waals surface area (Å²) in [6.45, 7) is 12.5. The number of hydrogen-bond acceptors (Lipinski definition) is 0. The van der Waals surface area contributed by atoms with Crippen molar-refractivity contribution >= 4 is 33.1 Å². The molecule has 0 N–H and O–H groups in total. The Kier molecular flexibility index (Phi) is 12.7. The van der Waals surface area contributed by atoms with Gasteiger partial charge in [0.1, 0.15) is 39.3 Å². The van der Waals surface area contributed by atoms with Crippen LogP contribution in [0.25, 0.3) is 67.3 Å². The molecule has 9 aromatic carbocycles. The Bertz CT molecular complexity index is 4430. The zero-order chi connectivity index (χ0) is 55.9. The van der Waals surface area contributed by atoms with Crippen molar-refractivity contribution in [3.05, 3.63) is 267 Å². The zero-order valence-electron chi connectivity index (χ0n) is 45.2. The largest absolute Gasteiger partial charge is 0.417 e. The van der Waals surface area contributed by atoms with Gasteiger partial charge in [-0.1, -0.05) is 151 Å². The molecule has 6 heterocycles. The van der Waals surface area contributed by atoms with E-state index in [-0.39, 0.29) is 30.0 Å². The number of alkyl halides is 6. The van der Waals surface area contributed by atoms with Crippen LogP contribution < -0.4 is 13.7 Å². The van der Waals surface area contributed by atoms with Gasteiger partial charge in [-0.3, -0.25) is 0 Å². The Morgan fingerprint density at radius 1 is 0.370 bits per heavy atom. The molecular formula is C69H57F6N6+3. The van der Waals surface area contributed by atoms with Crippen molar-refractivity contribution in [1.29, 1.82) is 0 Å². The van der Waals surface area contributed by atoms with Crippen molar-refractivity contribution in [2.75, 3.05) is 0 Å². The number of aromatic nitrogens is 6. The van der Waals surface area contributed by atoms with Gasteiger partial charge >= 0.3 is 12.4 Å². The lowest BCUT2D eigenvalue weighted by molar-refractivity contribution is -0.646. The lowest BCUT2D eigenvalue weighted by atomic mass is 10.0. The molecule has 402 valence electrons. The minimum absolute atomic E-state index is 0.00269. The lowest BCUT2D eigenvalue weighted by Gasteiger charge is -2.13. The Morgan fingerprint density at radius 3 is 1.57 bits per heavy atom. The third-order valence-electron chi connectivity index (χ3n) is 16.4. The third kappa shape index (κ3) is 9.16. The number of nitrogens with zero attached hydrogens (tertiary/aromatic N) is 6. The van der Waals surface area contributed by atoms with Gasteiger partial charge in [0.15, 0.2) is 33.1 Å². The summed E-state index contributed by atoms with van der Waals surface area (Å²) in [5.41, 5.74) is 19.1. The van der Waals surface area contributed by atoms with Gasteiger partial charge < -0.3 is 0 Å². The number of halogens is 6. The first-order chi connectivity index (χ1) is 39.1. The van der Waals surface area contributed by atoms with Crippen LogP contribution in [0.2, 0.25) is 0 Å². The quantitative estimate of drug-likeness (QED) is 0.117. The molecule has 0 saturated carbocycles. The predicted octanol–water partition coefficient (Wildman–Crippen LogP) is 15.3. The molecular weight excluding hydrogens is 1030 g/mol. The minimum atomic E-state index is -4.58. The fraction of sp³-hybridized carbons (Fsp3) is 0.174. The summed E-state index contributed by atoms with van der Waals surface area (Å²) in [6.07, 6.45) is -9.15. The molecule has 12 aromatic rings. The summed E-state index contributed by atoms with van der Waals surface area (Å²) in [4.78, 5) is 0. The summed E-state index contributed by atoms with van der Waals surface area (Å²) in [5.74, 6) is 2.93. The summed E-state index contributed by atoms with van der Waals surface area (Å²) in [6, 6.07) is 64.8. The SMILES string of the molecule is Cc1cc2c(cc1C)[n+]1c(n2Cc2ccccc2)-c2ccccc2C1.Cc1ccc(Cn2c3[n+](c4ccccc42)Cc2cc(C)ccc2-3)cc1.FC(F)(F)c1ccccc1Cn1c2[n+](c3ccccc31)Cc1cccc(C(F)(F)F)c1-2. The molecule has 3 aliphatic rings. The first-order valence-electron chi connectivity index (χ1n) is 27.3. The average molecular weight is 1080 g/mol. The number of imidazole rings is 3. The number of benzene rings is 9. The van der Waals surface area contributed by atoms with Crippen LogP contribution in [0, 0.1) is 27.7 Å². The van der Waals surface area contributed by atoms with Gasteiger partial charge in [-0.25, -0.2) is 27.4 Å². The van der Waals surface area contributed by atoms with Gasteiger partial charge in [0.2, 0.25) is 0 Å². The molecule has 0 amide bonds. The average Bonchev–Trinajstić information content (AvgIpc) is 4.49. The van der Waals surface area contributed by atoms with Crippen LogP contribution in [-0.2, 0) is 51.6 Å². The van der Waals surface area contributed by atoms with Gasteiger partial charge in [0.05, 0.1) is 27.8 Å². The molecule has 0 saturated heterocycles. The van der Waals surface area contributed by atoms with Crippen molar-refractivity contribution in [3.63, 3.8) is 0 Å². The molecule has 0 radical (unpaired) electrons. The van der Waals surface area contributed by atoms with E-state index in [1.165, 1.54) is 114 Å². The number of para-hydroxylation sites is 4.